The highest BCUT2D eigenvalue weighted by Gasteiger charge is 2.11. The summed E-state index contributed by atoms with van der Waals surface area (Å²) in [6, 6.07) is 9.14. The highest BCUT2D eigenvalue weighted by molar-refractivity contribution is 5.98. The lowest BCUT2D eigenvalue weighted by molar-refractivity contribution is -0.138. The number of benzene rings is 1. The Balaban J connectivity index is 2.89. The minimum Gasteiger partial charge on any atom is -0.493 e. The summed E-state index contributed by atoms with van der Waals surface area (Å²) < 4.78 is 10.5. The number of hydrogen-bond acceptors (Lipinski definition) is 4. The van der Waals surface area contributed by atoms with Crippen molar-refractivity contribution in [1.29, 1.82) is 5.26 Å². The standard InChI is InChI=1S/C16H19NO3/c1-3-5-10-20-16(18)14(12-17)11-13-8-6-7-9-15(13)19-4-2/h6-9,11H,3-5,10H2,1-2H3. The quantitative estimate of drug-likeness (QED) is 0.331. The zero-order valence-corrected chi connectivity index (χ0v) is 11.9. The second kappa shape index (κ2) is 8.76. The Morgan fingerprint density at radius 2 is 2.10 bits per heavy atom. The maximum atomic E-state index is 11.8. The van der Waals surface area contributed by atoms with Crippen LogP contribution in [0.25, 0.3) is 6.08 Å². The van der Waals surface area contributed by atoms with Crippen molar-refractivity contribution in [3.63, 3.8) is 0 Å². The number of esters is 1. The van der Waals surface area contributed by atoms with Gasteiger partial charge >= 0.3 is 5.97 Å². The molecule has 1 aromatic rings. The second-order valence-corrected chi connectivity index (χ2v) is 4.13. The van der Waals surface area contributed by atoms with Crippen LogP contribution in [0.4, 0.5) is 0 Å². The first kappa shape index (κ1) is 15.8. The first-order valence-corrected chi connectivity index (χ1v) is 6.73. The number of para-hydroxylation sites is 1. The third-order valence-electron chi connectivity index (χ3n) is 2.59. The first-order valence-electron chi connectivity index (χ1n) is 6.73. The van der Waals surface area contributed by atoms with E-state index in [1.165, 1.54) is 6.08 Å². The molecule has 4 heteroatoms. The molecule has 20 heavy (non-hydrogen) atoms. The molecule has 1 rings (SSSR count). The Bertz CT molecular complexity index is 515. The monoisotopic (exact) mass is 273 g/mol. The second-order valence-electron chi connectivity index (χ2n) is 4.13. The topological polar surface area (TPSA) is 59.3 Å². The zero-order chi connectivity index (χ0) is 14.8. The highest BCUT2D eigenvalue weighted by Crippen LogP contribution is 2.21. The van der Waals surface area contributed by atoms with Crippen LogP contribution in [0.15, 0.2) is 29.8 Å². The molecule has 106 valence electrons. The molecule has 0 atom stereocenters. The molecule has 0 spiro atoms. The van der Waals surface area contributed by atoms with Crippen LogP contribution in [0.5, 0.6) is 5.75 Å². The lowest BCUT2D eigenvalue weighted by Crippen LogP contribution is -2.08. The van der Waals surface area contributed by atoms with Crippen LogP contribution < -0.4 is 4.74 Å². The van der Waals surface area contributed by atoms with Crippen molar-refractivity contribution in [2.75, 3.05) is 13.2 Å². The van der Waals surface area contributed by atoms with E-state index in [-0.39, 0.29) is 5.57 Å². The molecule has 0 aliphatic heterocycles. The Morgan fingerprint density at radius 1 is 1.35 bits per heavy atom. The van der Waals surface area contributed by atoms with Crippen molar-refractivity contribution in [1.82, 2.24) is 0 Å². The Hall–Kier alpha value is -2.28. The number of nitriles is 1. The number of unbranched alkanes of at least 4 members (excludes halogenated alkanes) is 1. The molecule has 0 unspecified atom stereocenters. The van der Waals surface area contributed by atoms with Gasteiger partial charge < -0.3 is 9.47 Å². The molecule has 0 saturated heterocycles. The molecule has 0 N–H and O–H groups in total. The van der Waals surface area contributed by atoms with Gasteiger partial charge in [-0.3, -0.25) is 0 Å². The Morgan fingerprint density at radius 3 is 2.75 bits per heavy atom. The number of ether oxygens (including phenoxy) is 2. The molecule has 0 saturated carbocycles. The van der Waals surface area contributed by atoms with Gasteiger partial charge in [-0.05, 0) is 25.5 Å². The summed E-state index contributed by atoms with van der Waals surface area (Å²) >= 11 is 0. The van der Waals surface area contributed by atoms with Crippen molar-refractivity contribution < 1.29 is 14.3 Å². The fourth-order valence-electron chi connectivity index (χ4n) is 1.57. The fourth-order valence-corrected chi connectivity index (χ4v) is 1.57. The normalized spacial score (nSPS) is 10.8. The molecule has 1 aromatic carbocycles. The molecular formula is C16H19NO3. The SMILES string of the molecule is CCCCOC(=O)C(C#N)=Cc1ccccc1OCC. The molecule has 0 aliphatic rings. The van der Waals surface area contributed by atoms with Gasteiger partial charge in [0, 0.05) is 5.56 Å². The minimum absolute atomic E-state index is 0.0201. The van der Waals surface area contributed by atoms with E-state index in [4.69, 9.17) is 14.7 Å². The summed E-state index contributed by atoms with van der Waals surface area (Å²) in [7, 11) is 0. The van der Waals surface area contributed by atoms with Gasteiger partial charge in [-0.1, -0.05) is 31.5 Å². The van der Waals surface area contributed by atoms with E-state index in [1.54, 1.807) is 12.1 Å². The van der Waals surface area contributed by atoms with E-state index in [0.717, 1.165) is 12.8 Å². The molecule has 0 bridgehead atoms. The largest absolute Gasteiger partial charge is 0.493 e. The van der Waals surface area contributed by atoms with E-state index in [1.807, 2.05) is 32.0 Å². The minimum atomic E-state index is -0.591. The molecule has 0 heterocycles. The lowest BCUT2D eigenvalue weighted by Gasteiger charge is -2.07. The van der Waals surface area contributed by atoms with Gasteiger partial charge in [0.1, 0.15) is 17.4 Å². The predicted octanol–water partition coefficient (Wildman–Crippen LogP) is 3.34. The van der Waals surface area contributed by atoms with Crippen LogP contribution in [0.1, 0.15) is 32.3 Å². The molecule has 0 radical (unpaired) electrons. The van der Waals surface area contributed by atoms with Crippen LogP contribution >= 0.6 is 0 Å². The van der Waals surface area contributed by atoms with Crippen LogP contribution in [0, 0.1) is 11.3 Å². The van der Waals surface area contributed by atoms with Crippen molar-refractivity contribution in [3.8, 4) is 11.8 Å². The van der Waals surface area contributed by atoms with Crippen LogP contribution in [0.3, 0.4) is 0 Å². The van der Waals surface area contributed by atoms with Crippen molar-refractivity contribution in [3.05, 3.63) is 35.4 Å². The number of carbonyl (C=O) groups excluding carboxylic acids is 1. The van der Waals surface area contributed by atoms with E-state index < -0.39 is 5.97 Å². The number of hydrogen-bond donors (Lipinski definition) is 0. The highest BCUT2D eigenvalue weighted by atomic mass is 16.5. The number of rotatable bonds is 7. The van der Waals surface area contributed by atoms with E-state index in [0.29, 0.717) is 24.5 Å². The molecule has 0 fully saturated rings. The van der Waals surface area contributed by atoms with Gasteiger partial charge in [-0.15, -0.1) is 0 Å². The summed E-state index contributed by atoms with van der Waals surface area (Å²) in [5, 5.41) is 9.08. The average molecular weight is 273 g/mol. The first-order chi connectivity index (χ1) is 9.72. The van der Waals surface area contributed by atoms with Crippen molar-refractivity contribution in [2.24, 2.45) is 0 Å². The Kier molecular flexibility index (Phi) is 6.91. The molecule has 4 nitrogen and oxygen atoms in total. The summed E-state index contributed by atoms with van der Waals surface area (Å²) in [5.74, 6) is 0.0522. The van der Waals surface area contributed by atoms with Crippen molar-refractivity contribution >= 4 is 12.0 Å². The van der Waals surface area contributed by atoms with E-state index in [2.05, 4.69) is 0 Å². The third-order valence-corrected chi connectivity index (χ3v) is 2.59. The van der Waals surface area contributed by atoms with Crippen LogP contribution in [-0.2, 0) is 9.53 Å². The van der Waals surface area contributed by atoms with Crippen molar-refractivity contribution in [2.45, 2.75) is 26.7 Å². The predicted molar refractivity (Wildman–Crippen MR) is 77.1 cm³/mol. The number of nitrogens with zero attached hydrogens (tertiary/aromatic N) is 1. The van der Waals surface area contributed by atoms with E-state index in [9.17, 15) is 4.79 Å². The van der Waals surface area contributed by atoms with Gasteiger partial charge in [0.05, 0.1) is 13.2 Å². The third kappa shape index (κ3) is 4.77. The maximum Gasteiger partial charge on any atom is 0.348 e. The average Bonchev–Trinajstić information content (AvgIpc) is 2.46. The van der Waals surface area contributed by atoms with Gasteiger partial charge in [-0.25, -0.2) is 4.79 Å². The Labute approximate surface area is 119 Å². The summed E-state index contributed by atoms with van der Waals surface area (Å²) in [6.45, 7) is 4.74. The molecule has 0 aliphatic carbocycles. The summed E-state index contributed by atoms with van der Waals surface area (Å²) in [5.41, 5.74) is 0.673. The van der Waals surface area contributed by atoms with E-state index >= 15 is 0 Å². The molecular weight excluding hydrogens is 254 g/mol. The van der Waals surface area contributed by atoms with Gasteiger partial charge in [0.2, 0.25) is 0 Å². The van der Waals surface area contributed by atoms with Crippen LogP contribution in [-0.4, -0.2) is 19.2 Å². The van der Waals surface area contributed by atoms with Crippen LogP contribution in [0.2, 0.25) is 0 Å². The fraction of sp³-hybridized carbons (Fsp3) is 0.375. The van der Waals surface area contributed by atoms with Gasteiger partial charge in [-0.2, -0.15) is 5.26 Å². The molecule has 0 aromatic heterocycles. The van der Waals surface area contributed by atoms with Gasteiger partial charge in [0.25, 0.3) is 0 Å². The molecule has 0 amide bonds. The lowest BCUT2D eigenvalue weighted by atomic mass is 10.1. The zero-order valence-electron chi connectivity index (χ0n) is 11.9. The maximum absolute atomic E-state index is 11.8. The van der Waals surface area contributed by atoms with Gasteiger partial charge in [0.15, 0.2) is 0 Å². The number of carbonyl (C=O) groups is 1. The smallest absolute Gasteiger partial charge is 0.348 e. The summed E-state index contributed by atoms with van der Waals surface area (Å²) in [4.78, 5) is 11.8. The summed E-state index contributed by atoms with van der Waals surface area (Å²) in [6.07, 6.45) is 3.23.